The van der Waals surface area contributed by atoms with Crippen molar-refractivity contribution >= 4 is 5.91 Å². The Labute approximate surface area is 111 Å². The van der Waals surface area contributed by atoms with Crippen LogP contribution in [0.4, 0.5) is 0 Å². The van der Waals surface area contributed by atoms with Crippen molar-refractivity contribution in [3.05, 3.63) is 35.7 Å². The van der Waals surface area contributed by atoms with Crippen LogP contribution in [0.5, 0.6) is 0 Å². The van der Waals surface area contributed by atoms with Crippen LogP contribution in [0.2, 0.25) is 0 Å². The van der Waals surface area contributed by atoms with Gasteiger partial charge >= 0.3 is 0 Å². The molecule has 0 atom stereocenters. The van der Waals surface area contributed by atoms with E-state index < -0.39 is 0 Å². The van der Waals surface area contributed by atoms with Gasteiger partial charge in [-0.2, -0.15) is 4.98 Å². The van der Waals surface area contributed by atoms with Gasteiger partial charge in [0.25, 0.3) is 0 Å². The maximum atomic E-state index is 10.8. The number of carbonyl (C=O) groups excluding carboxylic acids is 1. The molecule has 0 saturated carbocycles. The highest BCUT2D eigenvalue weighted by atomic mass is 16.5. The van der Waals surface area contributed by atoms with E-state index in [9.17, 15) is 4.79 Å². The summed E-state index contributed by atoms with van der Waals surface area (Å²) in [4.78, 5) is 16.8. The van der Waals surface area contributed by atoms with Crippen LogP contribution in [0.1, 0.15) is 11.5 Å². The zero-order valence-electron chi connectivity index (χ0n) is 11.0. The molecule has 2 N–H and O–H groups in total. The molecule has 2 rings (SSSR count). The number of primary amides is 1. The lowest BCUT2D eigenvalue weighted by molar-refractivity contribution is -0.119. The molecule has 0 radical (unpaired) electrons. The number of nitrogens with zero attached hydrogens (tertiary/aromatic N) is 3. The van der Waals surface area contributed by atoms with Crippen molar-refractivity contribution in [2.75, 3.05) is 13.6 Å². The number of amides is 1. The summed E-state index contributed by atoms with van der Waals surface area (Å²) in [6, 6.07) is 7.86. The Hall–Kier alpha value is -2.21. The van der Waals surface area contributed by atoms with Crippen molar-refractivity contribution in [1.82, 2.24) is 15.0 Å². The van der Waals surface area contributed by atoms with Crippen molar-refractivity contribution in [3.63, 3.8) is 0 Å². The zero-order chi connectivity index (χ0) is 13.8. The highest BCUT2D eigenvalue weighted by molar-refractivity contribution is 5.75. The first-order valence-electron chi connectivity index (χ1n) is 5.91. The van der Waals surface area contributed by atoms with Crippen molar-refractivity contribution < 1.29 is 9.32 Å². The number of likely N-dealkylation sites (N-methyl/N-ethyl adjacent to an activating group) is 1. The summed E-state index contributed by atoms with van der Waals surface area (Å²) in [5.74, 6) is 0.618. The lowest BCUT2D eigenvalue weighted by Gasteiger charge is -2.10. The third-order valence-corrected chi connectivity index (χ3v) is 2.58. The molecule has 0 saturated heterocycles. The summed E-state index contributed by atoms with van der Waals surface area (Å²) >= 11 is 0. The van der Waals surface area contributed by atoms with Crippen LogP contribution < -0.4 is 5.73 Å². The molecule has 19 heavy (non-hydrogen) atoms. The molecule has 0 aliphatic rings. The maximum absolute atomic E-state index is 10.8. The fraction of sp³-hybridized carbons (Fsp3) is 0.308. The van der Waals surface area contributed by atoms with Crippen molar-refractivity contribution in [1.29, 1.82) is 0 Å². The SMILES string of the molecule is Cc1cccc(-c2noc(CN(C)CC(N)=O)n2)c1. The van der Waals surface area contributed by atoms with Crippen LogP contribution in [-0.2, 0) is 11.3 Å². The number of aryl methyl sites for hydroxylation is 1. The number of hydrogen-bond donors (Lipinski definition) is 1. The standard InChI is InChI=1S/C13H16N4O2/c1-9-4-3-5-10(6-9)13-15-12(19-16-13)8-17(2)7-11(14)18/h3-6H,7-8H2,1-2H3,(H2,14,18). The minimum Gasteiger partial charge on any atom is -0.369 e. The molecule has 0 aliphatic carbocycles. The summed E-state index contributed by atoms with van der Waals surface area (Å²) in [6.07, 6.45) is 0. The highest BCUT2D eigenvalue weighted by Crippen LogP contribution is 2.17. The predicted molar refractivity (Wildman–Crippen MR) is 70.0 cm³/mol. The van der Waals surface area contributed by atoms with Crippen LogP contribution in [0.25, 0.3) is 11.4 Å². The van der Waals surface area contributed by atoms with Gasteiger partial charge in [-0.15, -0.1) is 0 Å². The summed E-state index contributed by atoms with van der Waals surface area (Å²) in [6.45, 7) is 2.55. The Bertz CT molecular complexity index is 580. The van der Waals surface area contributed by atoms with Gasteiger partial charge in [-0.25, -0.2) is 0 Å². The molecular formula is C13H16N4O2. The summed E-state index contributed by atoms with van der Waals surface area (Å²) in [5.41, 5.74) is 7.16. The van der Waals surface area contributed by atoms with Crippen LogP contribution in [-0.4, -0.2) is 34.5 Å². The Kier molecular flexibility index (Phi) is 3.91. The lowest BCUT2D eigenvalue weighted by atomic mass is 10.1. The fourth-order valence-corrected chi connectivity index (χ4v) is 1.77. The van der Waals surface area contributed by atoms with E-state index in [4.69, 9.17) is 10.3 Å². The van der Waals surface area contributed by atoms with Gasteiger partial charge < -0.3 is 10.3 Å². The van der Waals surface area contributed by atoms with Gasteiger partial charge in [0, 0.05) is 5.56 Å². The average Bonchev–Trinajstić information content (AvgIpc) is 2.76. The average molecular weight is 260 g/mol. The number of aromatic nitrogens is 2. The number of hydrogen-bond acceptors (Lipinski definition) is 5. The molecule has 1 amide bonds. The monoisotopic (exact) mass is 260 g/mol. The Morgan fingerprint density at radius 3 is 2.95 bits per heavy atom. The van der Waals surface area contributed by atoms with Gasteiger partial charge in [0.05, 0.1) is 13.1 Å². The van der Waals surface area contributed by atoms with Crippen LogP contribution in [0.15, 0.2) is 28.8 Å². The molecule has 100 valence electrons. The van der Waals surface area contributed by atoms with Gasteiger partial charge in [0.1, 0.15) is 0 Å². The second kappa shape index (κ2) is 5.62. The van der Waals surface area contributed by atoms with E-state index >= 15 is 0 Å². The number of carbonyl (C=O) groups is 1. The Morgan fingerprint density at radius 1 is 1.47 bits per heavy atom. The minimum absolute atomic E-state index is 0.155. The number of benzene rings is 1. The third-order valence-electron chi connectivity index (χ3n) is 2.58. The van der Waals surface area contributed by atoms with Gasteiger partial charge in [0.15, 0.2) is 0 Å². The van der Waals surface area contributed by atoms with Gasteiger partial charge in [-0.3, -0.25) is 9.69 Å². The normalized spacial score (nSPS) is 10.9. The second-order valence-electron chi connectivity index (χ2n) is 4.52. The fourth-order valence-electron chi connectivity index (χ4n) is 1.77. The van der Waals surface area contributed by atoms with E-state index in [1.165, 1.54) is 0 Å². The minimum atomic E-state index is -0.388. The van der Waals surface area contributed by atoms with Gasteiger partial charge in [0.2, 0.25) is 17.6 Å². The number of nitrogens with two attached hydrogens (primary N) is 1. The van der Waals surface area contributed by atoms with Crippen LogP contribution in [0.3, 0.4) is 0 Å². The quantitative estimate of drug-likeness (QED) is 0.865. The molecule has 6 nitrogen and oxygen atoms in total. The molecule has 0 aliphatic heterocycles. The first kappa shape index (κ1) is 13.2. The van der Waals surface area contributed by atoms with E-state index in [1.807, 2.05) is 31.2 Å². The van der Waals surface area contributed by atoms with E-state index in [-0.39, 0.29) is 12.5 Å². The first-order valence-corrected chi connectivity index (χ1v) is 5.91. The summed E-state index contributed by atoms with van der Waals surface area (Å²) < 4.78 is 5.16. The molecule has 0 spiro atoms. The molecule has 0 unspecified atom stereocenters. The molecule has 1 heterocycles. The molecule has 0 bridgehead atoms. The van der Waals surface area contributed by atoms with Crippen molar-refractivity contribution in [3.8, 4) is 11.4 Å². The lowest BCUT2D eigenvalue weighted by Crippen LogP contribution is -2.30. The molecule has 2 aromatic rings. The van der Waals surface area contributed by atoms with Gasteiger partial charge in [-0.1, -0.05) is 28.9 Å². The largest absolute Gasteiger partial charge is 0.369 e. The molecule has 1 aromatic carbocycles. The van der Waals surface area contributed by atoms with E-state index in [0.29, 0.717) is 18.3 Å². The smallest absolute Gasteiger partial charge is 0.241 e. The van der Waals surface area contributed by atoms with Crippen molar-refractivity contribution in [2.24, 2.45) is 5.73 Å². The first-order chi connectivity index (χ1) is 9.04. The van der Waals surface area contributed by atoms with E-state index in [1.54, 1.807) is 11.9 Å². The predicted octanol–water partition coefficient (Wildman–Crippen LogP) is 0.962. The maximum Gasteiger partial charge on any atom is 0.241 e. The topological polar surface area (TPSA) is 85.3 Å². The Morgan fingerprint density at radius 2 is 2.26 bits per heavy atom. The van der Waals surface area contributed by atoms with Crippen LogP contribution in [0, 0.1) is 6.92 Å². The van der Waals surface area contributed by atoms with Crippen molar-refractivity contribution in [2.45, 2.75) is 13.5 Å². The van der Waals surface area contributed by atoms with Crippen LogP contribution >= 0.6 is 0 Å². The molecule has 6 heteroatoms. The molecule has 0 fully saturated rings. The van der Waals surface area contributed by atoms with E-state index in [0.717, 1.165) is 11.1 Å². The highest BCUT2D eigenvalue weighted by Gasteiger charge is 2.11. The van der Waals surface area contributed by atoms with E-state index in [2.05, 4.69) is 10.1 Å². The Balaban J connectivity index is 2.09. The second-order valence-corrected chi connectivity index (χ2v) is 4.52. The third kappa shape index (κ3) is 3.62. The summed E-state index contributed by atoms with van der Waals surface area (Å²) in [5, 5.41) is 3.93. The summed E-state index contributed by atoms with van der Waals surface area (Å²) in [7, 11) is 1.77. The zero-order valence-corrected chi connectivity index (χ0v) is 11.0. The van der Waals surface area contributed by atoms with Gasteiger partial charge in [-0.05, 0) is 20.0 Å². The molecule has 1 aromatic heterocycles. The number of rotatable bonds is 5. The molecular weight excluding hydrogens is 244 g/mol.